The third kappa shape index (κ3) is 6.77. The number of piperidine rings is 1. The van der Waals surface area contributed by atoms with Crippen molar-refractivity contribution in [3.63, 3.8) is 0 Å². The molecule has 0 radical (unpaired) electrons. The Kier molecular flexibility index (Phi) is 9.29. The first-order valence-corrected chi connectivity index (χ1v) is 8.45. The summed E-state index contributed by atoms with van der Waals surface area (Å²) in [6.07, 6.45) is 3.60. The summed E-state index contributed by atoms with van der Waals surface area (Å²) >= 11 is 0. The number of nitrogens with one attached hydrogen (secondary N) is 1. The van der Waals surface area contributed by atoms with Crippen molar-refractivity contribution < 1.29 is 9.53 Å². The molecule has 1 aliphatic heterocycles. The summed E-state index contributed by atoms with van der Waals surface area (Å²) in [4.78, 5) is 14.5. The van der Waals surface area contributed by atoms with Crippen LogP contribution in [-0.4, -0.2) is 50.2 Å². The van der Waals surface area contributed by atoms with Gasteiger partial charge in [-0.25, -0.2) is 0 Å². The van der Waals surface area contributed by atoms with E-state index in [1.807, 2.05) is 18.2 Å². The maximum absolute atomic E-state index is 11.9. The molecule has 1 aromatic carbocycles. The van der Waals surface area contributed by atoms with E-state index in [1.54, 1.807) is 0 Å². The first-order chi connectivity index (χ1) is 11.1. The van der Waals surface area contributed by atoms with Crippen molar-refractivity contribution in [3.05, 3.63) is 29.8 Å². The summed E-state index contributed by atoms with van der Waals surface area (Å²) in [6.45, 7) is 6.02. The topological polar surface area (TPSA) is 67.6 Å². The van der Waals surface area contributed by atoms with Gasteiger partial charge in [0, 0.05) is 19.3 Å². The van der Waals surface area contributed by atoms with Crippen molar-refractivity contribution in [3.8, 4) is 0 Å². The molecule has 6 heteroatoms. The Bertz CT molecular complexity index is 505. The number of ether oxygens (including phenoxy) is 1. The Balaban J connectivity index is 0.00000288. The normalized spacial score (nSPS) is 17.1. The Morgan fingerprint density at radius 3 is 2.79 bits per heavy atom. The van der Waals surface area contributed by atoms with Gasteiger partial charge in [0.05, 0.1) is 6.61 Å². The van der Waals surface area contributed by atoms with E-state index in [4.69, 9.17) is 10.5 Å². The molecule has 1 aromatic rings. The van der Waals surface area contributed by atoms with Crippen molar-refractivity contribution in [2.24, 2.45) is 11.7 Å². The van der Waals surface area contributed by atoms with Crippen LogP contribution < -0.4 is 11.1 Å². The Morgan fingerprint density at radius 2 is 2.12 bits per heavy atom. The second-order valence-corrected chi connectivity index (χ2v) is 6.53. The Hall–Kier alpha value is -1.14. The maximum Gasteiger partial charge on any atom is 0.243 e. The molecule has 0 aromatic heterocycles. The number of rotatable bonds is 7. The average Bonchev–Trinajstić information content (AvgIpc) is 2.55. The molecule has 136 valence electrons. The molecule has 2 rings (SSSR count). The predicted octanol–water partition coefficient (Wildman–Crippen LogP) is 2.30. The molecular formula is C18H30ClN3O2. The highest BCUT2D eigenvalue weighted by Crippen LogP contribution is 2.17. The first-order valence-electron chi connectivity index (χ1n) is 8.45. The second kappa shape index (κ2) is 10.7. The van der Waals surface area contributed by atoms with Crippen molar-refractivity contribution in [2.45, 2.75) is 32.2 Å². The van der Waals surface area contributed by atoms with Crippen molar-refractivity contribution >= 4 is 24.0 Å². The smallest absolute Gasteiger partial charge is 0.243 e. The molecule has 1 atom stereocenters. The maximum atomic E-state index is 11.9. The van der Waals surface area contributed by atoms with Crippen LogP contribution >= 0.6 is 12.4 Å². The third-order valence-corrected chi connectivity index (χ3v) is 4.47. The molecule has 1 fully saturated rings. The lowest BCUT2D eigenvalue weighted by Gasteiger charge is -2.30. The van der Waals surface area contributed by atoms with Gasteiger partial charge in [0.25, 0.3) is 0 Å². The quantitative estimate of drug-likeness (QED) is 0.787. The van der Waals surface area contributed by atoms with E-state index < -0.39 is 6.04 Å². The van der Waals surface area contributed by atoms with Crippen molar-refractivity contribution in [1.82, 2.24) is 4.90 Å². The van der Waals surface area contributed by atoms with E-state index >= 15 is 0 Å². The van der Waals surface area contributed by atoms with Crippen LogP contribution in [0.3, 0.4) is 0 Å². The van der Waals surface area contributed by atoms with Gasteiger partial charge in [-0.2, -0.15) is 0 Å². The van der Waals surface area contributed by atoms with Crippen LogP contribution in [0.1, 0.15) is 25.3 Å². The summed E-state index contributed by atoms with van der Waals surface area (Å²) in [5, 5.41) is 2.85. The minimum atomic E-state index is -0.640. The molecule has 0 aliphatic carbocycles. The highest BCUT2D eigenvalue weighted by atomic mass is 35.5. The number of hydrogen-bond donors (Lipinski definition) is 2. The fourth-order valence-corrected chi connectivity index (χ4v) is 2.87. The van der Waals surface area contributed by atoms with Crippen LogP contribution in [0.5, 0.6) is 0 Å². The minimum Gasteiger partial charge on any atom is -0.383 e. The average molecular weight is 356 g/mol. The Morgan fingerprint density at radius 1 is 1.42 bits per heavy atom. The largest absolute Gasteiger partial charge is 0.383 e. The van der Waals surface area contributed by atoms with E-state index in [-0.39, 0.29) is 24.9 Å². The number of benzene rings is 1. The minimum absolute atomic E-state index is 0. The first kappa shape index (κ1) is 20.9. The molecule has 5 nitrogen and oxygen atoms in total. The van der Waals surface area contributed by atoms with Crippen LogP contribution in [0.4, 0.5) is 5.69 Å². The van der Waals surface area contributed by atoms with Crippen LogP contribution in [0.15, 0.2) is 24.3 Å². The standard InChI is InChI=1S/C18H29N3O2.ClH/c1-14-6-9-21(10-7-14)11-8-15-4-3-5-16(12-15)20-18(22)17(19)13-23-2;/h3-5,12,14,17H,6-11,13,19H2,1-2H3,(H,20,22);1H. The van der Waals surface area contributed by atoms with Gasteiger partial charge in [0.1, 0.15) is 6.04 Å². The van der Waals surface area contributed by atoms with E-state index in [0.29, 0.717) is 0 Å². The van der Waals surface area contributed by atoms with E-state index in [2.05, 4.69) is 23.2 Å². The number of amides is 1. The van der Waals surface area contributed by atoms with E-state index in [1.165, 1.54) is 38.6 Å². The Labute approximate surface area is 151 Å². The van der Waals surface area contributed by atoms with Gasteiger partial charge in [-0.05, 0) is 56.0 Å². The van der Waals surface area contributed by atoms with Crippen molar-refractivity contribution in [1.29, 1.82) is 0 Å². The van der Waals surface area contributed by atoms with Crippen molar-refractivity contribution in [2.75, 3.05) is 38.7 Å². The SMILES string of the molecule is COCC(N)C(=O)Nc1cccc(CCN2CCC(C)CC2)c1.Cl. The lowest BCUT2D eigenvalue weighted by molar-refractivity contribution is -0.118. The number of carbonyl (C=O) groups is 1. The number of anilines is 1. The molecule has 1 unspecified atom stereocenters. The lowest BCUT2D eigenvalue weighted by Crippen LogP contribution is -2.39. The van der Waals surface area contributed by atoms with Gasteiger partial charge in [-0.1, -0.05) is 19.1 Å². The van der Waals surface area contributed by atoms with E-state index in [0.717, 1.165) is 24.6 Å². The molecule has 1 aliphatic rings. The fraction of sp³-hybridized carbons (Fsp3) is 0.611. The summed E-state index contributed by atoms with van der Waals surface area (Å²) in [5.74, 6) is 0.648. The molecular weight excluding hydrogens is 326 g/mol. The second-order valence-electron chi connectivity index (χ2n) is 6.53. The van der Waals surface area contributed by atoms with Gasteiger partial charge in [-0.15, -0.1) is 12.4 Å². The van der Waals surface area contributed by atoms with Gasteiger partial charge < -0.3 is 20.7 Å². The van der Waals surface area contributed by atoms with Gasteiger partial charge in [0.15, 0.2) is 0 Å². The zero-order valence-corrected chi connectivity index (χ0v) is 15.5. The highest BCUT2D eigenvalue weighted by Gasteiger charge is 2.16. The summed E-state index contributed by atoms with van der Waals surface area (Å²) in [6, 6.07) is 7.37. The van der Waals surface area contributed by atoms with Gasteiger partial charge in [-0.3, -0.25) is 4.79 Å². The lowest BCUT2D eigenvalue weighted by atomic mass is 9.99. The van der Waals surface area contributed by atoms with Crippen LogP contribution in [-0.2, 0) is 16.0 Å². The molecule has 0 spiro atoms. The van der Waals surface area contributed by atoms with Crippen LogP contribution in [0.25, 0.3) is 0 Å². The number of likely N-dealkylation sites (tertiary alicyclic amines) is 1. The van der Waals surface area contributed by atoms with Gasteiger partial charge >= 0.3 is 0 Å². The molecule has 0 saturated carbocycles. The molecule has 24 heavy (non-hydrogen) atoms. The predicted molar refractivity (Wildman–Crippen MR) is 101 cm³/mol. The number of methoxy groups -OCH3 is 1. The monoisotopic (exact) mass is 355 g/mol. The number of carbonyl (C=O) groups excluding carboxylic acids is 1. The number of nitrogens with two attached hydrogens (primary N) is 1. The molecule has 3 N–H and O–H groups in total. The zero-order valence-electron chi connectivity index (χ0n) is 14.7. The summed E-state index contributed by atoms with van der Waals surface area (Å²) < 4.78 is 4.91. The molecule has 1 saturated heterocycles. The summed E-state index contributed by atoms with van der Waals surface area (Å²) in [5.41, 5.74) is 7.77. The molecule has 0 bridgehead atoms. The molecule has 1 heterocycles. The fourth-order valence-electron chi connectivity index (χ4n) is 2.87. The number of hydrogen-bond acceptors (Lipinski definition) is 4. The highest BCUT2D eigenvalue weighted by molar-refractivity contribution is 5.94. The van der Waals surface area contributed by atoms with E-state index in [9.17, 15) is 4.79 Å². The summed E-state index contributed by atoms with van der Waals surface area (Å²) in [7, 11) is 1.54. The molecule has 1 amide bonds. The van der Waals surface area contributed by atoms with Crippen LogP contribution in [0.2, 0.25) is 0 Å². The number of halogens is 1. The van der Waals surface area contributed by atoms with Gasteiger partial charge in [0.2, 0.25) is 5.91 Å². The zero-order chi connectivity index (χ0) is 16.7. The number of nitrogens with zero attached hydrogens (tertiary/aromatic N) is 1. The van der Waals surface area contributed by atoms with Crippen LogP contribution in [0, 0.1) is 5.92 Å². The third-order valence-electron chi connectivity index (χ3n) is 4.47.